The Kier molecular flexibility index (Phi) is 4.93. The molecule has 0 fully saturated rings. The van der Waals surface area contributed by atoms with E-state index in [2.05, 4.69) is 10.3 Å². The van der Waals surface area contributed by atoms with E-state index >= 15 is 0 Å². The molecule has 110 valence electrons. The molecule has 1 heterocycles. The lowest BCUT2D eigenvalue weighted by atomic mass is 10.2. The van der Waals surface area contributed by atoms with Crippen LogP contribution in [0.15, 0.2) is 42.5 Å². The first kappa shape index (κ1) is 15.0. The summed E-state index contributed by atoms with van der Waals surface area (Å²) in [5, 5.41) is 2.86. The van der Waals surface area contributed by atoms with Crippen LogP contribution >= 0.6 is 0 Å². The molecule has 0 aliphatic carbocycles. The highest BCUT2D eigenvalue weighted by Crippen LogP contribution is 2.13. The van der Waals surface area contributed by atoms with Gasteiger partial charge in [0.1, 0.15) is 11.4 Å². The van der Waals surface area contributed by atoms with E-state index in [9.17, 15) is 4.79 Å². The van der Waals surface area contributed by atoms with Crippen LogP contribution in [0.5, 0.6) is 5.75 Å². The number of amides is 1. The zero-order chi connectivity index (χ0) is 15.2. The van der Waals surface area contributed by atoms with Gasteiger partial charge in [-0.15, -0.1) is 0 Å². The molecule has 1 aromatic heterocycles. The number of hydrogen-bond donors (Lipinski definition) is 1. The predicted molar refractivity (Wildman–Crippen MR) is 82.4 cm³/mol. The molecule has 0 atom stereocenters. The van der Waals surface area contributed by atoms with Gasteiger partial charge in [0.15, 0.2) is 0 Å². The van der Waals surface area contributed by atoms with Gasteiger partial charge in [-0.1, -0.05) is 18.2 Å². The summed E-state index contributed by atoms with van der Waals surface area (Å²) in [4.78, 5) is 16.2. The summed E-state index contributed by atoms with van der Waals surface area (Å²) in [5.74, 6) is 0.668. The molecule has 1 N–H and O–H groups in total. The molecule has 0 radical (unpaired) electrons. The largest absolute Gasteiger partial charge is 0.491 e. The van der Waals surface area contributed by atoms with Crippen LogP contribution in [0.1, 0.15) is 35.6 Å². The van der Waals surface area contributed by atoms with Gasteiger partial charge in [0.2, 0.25) is 0 Å². The number of hydrogen-bond acceptors (Lipinski definition) is 3. The zero-order valence-corrected chi connectivity index (χ0v) is 12.6. The van der Waals surface area contributed by atoms with Crippen LogP contribution in [0.3, 0.4) is 0 Å². The fraction of sp³-hybridized carbons (Fsp3) is 0.294. The first-order valence-corrected chi connectivity index (χ1v) is 7.02. The smallest absolute Gasteiger partial charge is 0.270 e. The molecule has 0 bridgehead atoms. The van der Waals surface area contributed by atoms with Crippen molar-refractivity contribution in [2.24, 2.45) is 0 Å². The topological polar surface area (TPSA) is 51.2 Å². The molecule has 0 spiro atoms. The minimum atomic E-state index is -0.166. The Morgan fingerprint density at radius 2 is 1.90 bits per heavy atom. The average molecular weight is 284 g/mol. The van der Waals surface area contributed by atoms with Crippen LogP contribution in [0.4, 0.5) is 0 Å². The average Bonchev–Trinajstić information content (AvgIpc) is 2.45. The molecular formula is C17H20N2O2. The van der Waals surface area contributed by atoms with E-state index in [-0.39, 0.29) is 12.0 Å². The SMILES string of the molecule is Cc1cccc(C(=O)NCc2ccc(OC(C)C)cc2)n1. The van der Waals surface area contributed by atoms with Gasteiger partial charge in [-0.3, -0.25) is 4.79 Å². The summed E-state index contributed by atoms with van der Waals surface area (Å²) in [7, 11) is 0. The molecule has 0 unspecified atom stereocenters. The van der Waals surface area contributed by atoms with E-state index in [1.807, 2.05) is 57.2 Å². The van der Waals surface area contributed by atoms with Gasteiger partial charge in [0, 0.05) is 12.2 Å². The molecule has 0 saturated carbocycles. The Morgan fingerprint density at radius 3 is 2.52 bits per heavy atom. The number of carbonyl (C=O) groups is 1. The van der Waals surface area contributed by atoms with E-state index < -0.39 is 0 Å². The second-order valence-electron chi connectivity index (χ2n) is 5.16. The molecule has 1 aromatic carbocycles. The van der Waals surface area contributed by atoms with Crippen molar-refractivity contribution in [1.82, 2.24) is 10.3 Å². The van der Waals surface area contributed by atoms with Crippen molar-refractivity contribution in [2.45, 2.75) is 33.4 Å². The fourth-order valence-corrected chi connectivity index (χ4v) is 1.90. The van der Waals surface area contributed by atoms with Crippen LogP contribution in [-0.4, -0.2) is 17.0 Å². The van der Waals surface area contributed by atoms with Gasteiger partial charge < -0.3 is 10.1 Å². The lowest BCUT2D eigenvalue weighted by Crippen LogP contribution is -2.23. The van der Waals surface area contributed by atoms with Gasteiger partial charge in [-0.2, -0.15) is 0 Å². The zero-order valence-electron chi connectivity index (χ0n) is 12.6. The second-order valence-corrected chi connectivity index (χ2v) is 5.16. The Balaban J connectivity index is 1.92. The highest BCUT2D eigenvalue weighted by molar-refractivity contribution is 5.92. The van der Waals surface area contributed by atoms with E-state index in [0.717, 1.165) is 17.0 Å². The molecule has 0 aliphatic heterocycles. The maximum Gasteiger partial charge on any atom is 0.270 e. The number of aryl methyl sites for hydroxylation is 1. The van der Waals surface area contributed by atoms with Gasteiger partial charge in [0.05, 0.1) is 6.10 Å². The summed E-state index contributed by atoms with van der Waals surface area (Å²) in [6.45, 7) is 6.31. The van der Waals surface area contributed by atoms with Crippen molar-refractivity contribution in [3.63, 3.8) is 0 Å². The quantitative estimate of drug-likeness (QED) is 0.918. The van der Waals surface area contributed by atoms with Crippen LogP contribution in [0, 0.1) is 6.92 Å². The highest BCUT2D eigenvalue weighted by Gasteiger charge is 2.06. The van der Waals surface area contributed by atoms with Crippen molar-refractivity contribution in [2.75, 3.05) is 0 Å². The normalized spacial score (nSPS) is 10.5. The van der Waals surface area contributed by atoms with E-state index in [0.29, 0.717) is 12.2 Å². The molecule has 0 aliphatic rings. The first-order chi connectivity index (χ1) is 10.0. The van der Waals surface area contributed by atoms with Gasteiger partial charge >= 0.3 is 0 Å². The third-order valence-corrected chi connectivity index (χ3v) is 2.87. The molecule has 4 heteroatoms. The molecule has 21 heavy (non-hydrogen) atoms. The van der Waals surface area contributed by atoms with Crippen molar-refractivity contribution in [3.05, 3.63) is 59.4 Å². The molecule has 2 aromatic rings. The number of ether oxygens (including phenoxy) is 1. The molecule has 0 saturated heterocycles. The van der Waals surface area contributed by atoms with Crippen LogP contribution in [0.25, 0.3) is 0 Å². The number of carbonyl (C=O) groups excluding carboxylic acids is 1. The Hall–Kier alpha value is -2.36. The number of pyridine rings is 1. The summed E-state index contributed by atoms with van der Waals surface area (Å²) in [6.07, 6.45) is 0.156. The van der Waals surface area contributed by atoms with Gasteiger partial charge in [-0.25, -0.2) is 4.98 Å². The van der Waals surface area contributed by atoms with E-state index in [1.165, 1.54) is 0 Å². The Labute approximate surface area is 125 Å². The van der Waals surface area contributed by atoms with Crippen LogP contribution in [-0.2, 0) is 6.54 Å². The molecule has 4 nitrogen and oxygen atoms in total. The van der Waals surface area contributed by atoms with E-state index in [1.54, 1.807) is 6.07 Å². The minimum Gasteiger partial charge on any atom is -0.491 e. The van der Waals surface area contributed by atoms with E-state index in [4.69, 9.17) is 4.74 Å². The number of benzene rings is 1. The highest BCUT2D eigenvalue weighted by atomic mass is 16.5. The van der Waals surface area contributed by atoms with Gasteiger partial charge in [0.25, 0.3) is 5.91 Å². The summed E-state index contributed by atoms with van der Waals surface area (Å²) in [6, 6.07) is 13.1. The first-order valence-electron chi connectivity index (χ1n) is 7.02. The third kappa shape index (κ3) is 4.60. The third-order valence-electron chi connectivity index (χ3n) is 2.87. The molecule has 1 amide bonds. The monoisotopic (exact) mass is 284 g/mol. The van der Waals surface area contributed by atoms with Crippen LogP contribution < -0.4 is 10.1 Å². The van der Waals surface area contributed by atoms with Crippen molar-refractivity contribution < 1.29 is 9.53 Å². The summed E-state index contributed by atoms with van der Waals surface area (Å²) >= 11 is 0. The maximum atomic E-state index is 12.0. The summed E-state index contributed by atoms with van der Waals surface area (Å²) in [5.41, 5.74) is 2.29. The molecule has 2 rings (SSSR count). The molecular weight excluding hydrogens is 264 g/mol. The number of nitrogens with one attached hydrogen (secondary N) is 1. The summed E-state index contributed by atoms with van der Waals surface area (Å²) < 4.78 is 5.58. The number of aromatic nitrogens is 1. The number of rotatable bonds is 5. The fourth-order valence-electron chi connectivity index (χ4n) is 1.90. The van der Waals surface area contributed by atoms with Crippen LogP contribution in [0.2, 0.25) is 0 Å². The lowest BCUT2D eigenvalue weighted by Gasteiger charge is -2.10. The Bertz CT molecular complexity index is 606. The van der Waals surface area contributed by atoms with Gasteiger partial charge in [-0.05, 0) is 50.6 Å². The number of nitrogens with zero attached hydrogens (tertiary/aromatic N) is 1. The van der Waals surface area contributed by atoms with Crippen molar-refractivity contribution in [1.29, 1.82) is 0 Å². The minimum absolute atomic E-state index is 0.156. The second kappa shape index (κ2) is 6.88. The van der Waals surface area contributed by atoms with Crippen molar-refractivity contribution in [3.8, 4) is 5.75 Å². The van der Waals surface area contributed by atoms with Crippen molar-refractivity contribution >= 4 is 5.91 Å². The maximum absolute atomic E-state index is 12.0. The predicted octanol–water partition coefficient (Wildman–Crippen LogP) is 3.11. The standard InChI is InChI=1S/C17H20N2O2/c1-12(2)21-15-9-7-14(8-10-15)11-18-17(20)16-6-4-5-13(3)19-16/h4-10,12H,11H2,1-3H3,(H,18,20). The Morgan fingerprint density at radius 1 is 1.19 bits per heavy atom. The lowest BCUT2D eigenvalue weighted by molar-refractivity contribution is 0.0945.